The second-order valence-electron chi connectivity index (χ2n) is 7.83. The maximum Gasteiger partial charge on any atom is 0.222 e. The Morgan fingerprint density at radius 3 is 2.62 bits per heavy atom. The van der Waals surface area contributed by atoms with Crippen molar-refractivity contribution in [1.82, 2.24) is 4.90 Å². The Kier molecular flexibility index (Phi) is 4.25. The van der Waals surface area contributed by atoms with Crippen molar-refractivity contribution in [3.05, 3.63) is 30.3 Å². The number of ether oxygens (including phenoxy) is 1. The first-order chi connectivity index (χ1) is 11.7. The maximum absolute atomic E-state index is 12.3. The fourth-order valence-electron chi connectivity index (χ4n) is 4.15. The number of hydrogen-bond donors (Lipinski definition) is 0. The number of rotatable bonds is 4. The molecule has 1 saturated carbocycles. The number of para-hydroxylation sites is 1. The minimum atomic E-state index is -0.00985. The molecule has 0 aromatic heterocycles. The van der Waals surface area contributed by atoms with Crippen molar-refractivity contribution in [2.24, 2.45) is 5.92 Å². The van der Waals surface area contributed by atoms with Crippen LogP contribution in [0.25, 0.3) is 0 Å². The minimum Gasteiger partial charge on any atom is -0.373 e. The average molecular weight is 328 g/mol. The van der Waals surface area contributed by atoms with Gasteiger partial charge in [0.1, 0.15) is 0 Å². The molecule has 4 nitrogen and oxygen atoms in total. The monoisotopic (exact) mass is 328 g/mol. The zero-order chi connectivity index (χ0) is 16.6. The summed E-state index contributed by atoms with van der Waals surface area (Å²) in [6.07, 6.45) is 6.32. The second kappa shape index (κ2) is 6.40. The standard InChI is InChI=1S/C20H28N2O2/c1-21(17-5-3-2-4-6-17)18-14-20(24-15-18)9-11-22(12-10-20)19(23)13-16-7-8-16/h2-6,16,18H,7-15H2,1H3/t18-/m1/s1. The topological polar surface area (TPSA) is 32.8 Å². The zero-order valence-electron chi connectivity index (χ0n) is 14.6. The predicted octanol–water partition coefficient (Wildman–Crippen LogP) is 3.07. The van der Waals surface area contributed by atoms with Gasteiger partial charge in [0.25, 0.3) is 0 Å². The summed E-state index contributed by atoms with van der Waals surface area (Å²) in [6.45, 7) is 2.53. The van der Waals surface area contributed by atoms with Crippen LogP contribution >= 0.6 is 0 Å². The quantitative estimate of drug-likeness (QED) is 0.851. The summed E-state index contributed by atoms with van der Waals surface area (Å²) < 4.78 is 6.28. The second-order valence-corrected chi connectivity index (χ2v) is 7.83. The highest BCUT2D eigenvalue weighted by Gasteiger charge is 2.44. The lowest BCUT2D eigenvalue weighted by Gasteiger charge is -2.39. The van der Waals surface area contributed by atoms with Crippen LogP contribution < -0.4 is 4.90 Å². The first-order valence-electron chi connectivity index (χ1n) is 9.35. The number of likely N-dealkylation sites (tertiary alicyclic amines) is 1. The molecule has 3 aliphatic rings. The molecule has 2 heterocycles. The Hall–Kier alpha value is -1.55. The van der Waals surface area contributed by atoms with Gasteiger partial charge in [0.15, 0.2) is 0 Å². The number of anilines is 1. The highest BCUT2D eigenvalue weighted by atomic mass is 16.5. The van der Waals surface area contributed by atoms with E-state index in [1.54, 1.807) is 0 Å². The van der Waals surface area contributed by atoms with Gasteiger partial charge in [0, 0.05) is 32.2 Å². The largest absolute Gasteiger partial charge is 0.373 e. The van der Waals surface area contributed by atoms with Crippen molar-refractivity contribution in [2.75, 3.05) is 31.6 Å². The number of hydrogen-bond acceptors (Lipinski definition) is 3. The summed E-state index contributed by atoms with van der Waals surface area (Å²) >= 11 is 0. The van der Waals surface area contributed by atoms with Gasteiger partial charge in [-0.1, -0.05) is 18.2 Å². The third-order valence-corrected chi connectivity index (χ3v) is 6.09. The molecule has 2 aliphatic heterocycles. The Morgan fingerprint density at radius 1 is 1.25 bits per heavy atom. The van der Waals surface area contributed by atoms with Gasteiger partial charge < -0.3 is 14.5 Å². The Labute approximate surface area is 144 Å². The molecule has 4 rings (SSSR count). The molecule has 1 spiro atoms. The van der Waals surface area contributed by atoms with Gasteiger partial charge >= 0.3 is 0 Å². The number of benzene rings is 1. The van der Waals surface area contributed by atoms with Gasteiger partial charge in [-0.15, -0.1) is 0 Å². The third kappa shape index (κ3) is 3.30. The van der Waals surface area contributed by atoms with Crippen LogP contribution in [0.4, 0.5) is 5.69 Å². The summed E-state index contributed by atoms with van der Waals surface area (Å²) in [5.74, 6) is 1.04. The highest BCUT2D eigenvalue weighted by molar-refractivity contribution is 5.76. The van der Waals surface area contributed by atoms with Crippen LogP contribution in [0.3, 0.4) is 0 Å². The van der Waals surface area contributed by atoms with Crippen LogP contribution in [0.1, 0.15) is 38.5 Å². The third-order valence-electron chi connectivity index (χ3n) is 6.09. The van der Waals surface area contributed by atoms with Crippen molar-refractivity contribution < 1.29 is 9.53 Å². The van der Waals surface area contributed by atoms with Crippen molar-refractivity contribution in [2.45, 2.75) is 50.2 Å². The number of nitrogens with zero attached hydrogens (tertiary/aromatic N) is 2. The molecule has 24 heavy (non-hydrogen) atoms. The number of carbonyl (C=O) groups is 1. The van der Waals surface area contributed by atoms with E-state index in [0.717, 1.165) is 45.4 Å². The van der Waals surface area contributed by atoms with E-state index < -0.39 is 0 Å². The summed E-state index contributed by atoms with van der Waals surface area (Å²) in [5, 5.41) is 0. The first-order valence-corrected chi connectivity index (χ1v) is 9.35. The summed E-state index contributed by atoms with van der Waals surface area (Å²) in [5.41, 5.74) is 1.24. The van der Waals surface area contributed by atoms with E-state index >= 15 is 0 Å². The fourth-order valence-corrected chi connectivity index (χ4v) is 4.15. The lowest BCUT2D eigenvalue weighted by molar-refractivity contribution is -0.136. The lowest BCUT2D eigenvalue weighted by Crippen LogP contribution is -2.47. The predicted molar refractivity (Wildman–Crippen MR) is 95.1 cm³/mol. The molecule has 0 unspecified atom stereocenters. The number of carbonyl (C=O) groups excluding carboxylic acids is 1. The van der Waals surface area contributed by atoms with E-state index in [0.29, 0.717) is 17.9 Å². The molecule has 0 bridgehead atoms. The number of amides is 1. The molecule has 130 valence electrons. The number of likely N-dealkylation sites (N-methyl/N-ethyl adjacent to an activating group) is 1. The molecule has 0 radical (unpaired) electrons. The highest BCUT2D eigenvalue weighted by Crippen LogP contribution is 2.39. The molecule has 1 aliphatic carbocycles. The van der Waals surface area contributed by atoms with Gasteiger partial charge in [0.05, 0.1) is 18.2 Å². The van der Waals surface area contributed by atoms with E-state index in [-0.39, 0.29) is 5.60 Å². The maximum atomic E-state index is 12.3. The Balaban J connectivity index is 1.32. The van der Waals surface area contributed by atoms with Crippen molar-refractivity contribution in [1.29, 1.82) is 0 Å². The molecular weight excluding hydrogens is 300 g/mol. The van der Waals surface area contributed by atoms with E-state index in [2.05, 4.69) is 47.2 Å². The van der Waals surface area contributed by atoms with Crippen LogP contribution in [-0.2, 0) is 9.53 Å². The van der Waals surface area contributed by atoms with Gasteiger partial charge in [-0.2, -0.15) is 0 Å². The van der Waals surface area contributed by atoms with Crippen LogP contribution in [0.15, 0.2) is 30.3 Å². The molecule has 1 aromatic rings. The van der Waals surface area contributed by atoms with Crippen LogP contribution in [-0.4, -0.2) is 49.2 Å². The zero-order valence-corrected chi connectivity index (χ0v) is 14.6. The van der Waals surface area contributed by atoms with E-state index in [4.69, 9.17) is 4.74 Å². The van der Waals surface area contributed by atoms with Crippen molar-refractivity contribution in [3.8, 4) is 0 Å². The Morgan fingerprint density at radius 2 is 1.96 bits per heavy atom. The Bertz CT molecular complexity index is 577. The van der Waals surface area contributed by atoms with Crippen molar-refractivity contribution in [3.63, 3.8) is 0 Å². The smallest absolute Gasteiger partial charge is 0.222 e. The van der Waals surface area contributed by atoms with Crippen molar-refractivity contribution >= 4 is 11.6 Å². The summed E-state index contributed by atoms with van der Waals surface area (Å²) in [4.78, 5) is 16.7. The van der Waals surface area contributed by atoms with Crippen LogP contribution in [0.5, 0.6) is 0 Å². The van der Waals surface area contributed by atoms with E-state index in [1.165, 1.54) is 18.5 Å². The summed E-state index contributed by atoms with van der Waals surface area (Å²) in [7, 11) is 2.16. The molecule has 1 atom stereocenters. The molecule has 4 heteroatoms. The fraction of sp³-hybridized carbons (Fsp3) is 0.650. The van der Waals surface area contributed by atoms with E-state index in [9.17, 15) is 4.79 Å². The average Bonchev–Trinajstić information content (AvgIpc) is 3.34. The molecule has 1 aromatic carbocycles. The number of piperidine rings is 1. The molecule has 0 N–H and O–H groups in total. The van der Waals surface area contributed by atoms with E-state index in [1.807, 2.05) is 0 Å². The van der Waals surface area contributed by atoms with Gasteiger partial charge in [-0.25, -0.2) is 0 Å². The van der Waals surface area contributed by atoms with Gasteiger partial charge in [-0.05, 0) is 50.2 Å². The molecule has 1 amide bonds. The molecular formula is C20H28N2O2. The molecule has 3 fully saturated rings. The normalized spacial score (nSPS) is 25.9. The molecule has 2 saturated heterocycles. The SMILES string of the molecule is CN(c1ccccc1)[C@H]1COC2(CCN(C(=O)CC3CC3)CC2)C1. The summed E-state index contributed by atoms with van der Waals surface area (Å²) in [6, 6.07) is 11.0. The van der Waals surface area contributed by atoms with Crippen LogP contribution in [0, 0.1) is 5.92 Å². The van der Waals surface area contributed by atoms with Crippen LogP contribution in [0.2, 0.25) is 0 Å². The first kappa shape index (κ1) is 15.9. The van der Waals surface area contributed by atoms with Gasteiger partial charge in [0.2, 0.25) is 5.91 Å². The minimum absolute atomic E-state index is 0.00985. The van der Waals surface area contributed by atoms with Gasteiger partial charge in [-0.3, -0.25) is 4.79 Å². The lowest BCUT2D eigenvalue weighted by atomic mass is 9.87.